The standard InChI is InChI=1S/C55H41N/c1-55(2)51-19-9-8-18-50(51)54-52(55)20-11-21-53(54)56(49-34-30-43(31-35-49)46-17-10-16-45(36-46)38-12-4-3-5-13-38)48-32-28-41(29-33-48)40-22-24-42(25-23-40)47-27-26-39-14-6-7-15-44(39)37-47/h3-37H,1-2H3. The van der Waals surface area contributed by atoms with E-state index in [1.807, 2.05) is 0 Å². The lowest BCUT2D eigenvalue weighted by Crippen LogP contribution is -2.16. The SMILES string of the molecule is CC1(C)c2ccccc2-c2c(N(c3ccc(-c4ccc(-c5ccc6ccccc6c5)cc4)cc3)c3ccc(-c4cccc(-c5ccccc5)c4)cc3)cccc21. The van der Waals surface area contributed by atoms with Gasteiger partial charge in [-0.2, -0.15) is 0 Å². The summed E-state index contributed by atoms with van der Waals surface area (Å²) < 4.78 is 0. The fraction of sp³-hybridized carbons (Fsp3) is 0.0545. The highest BCUT2D eigenvalue weighted by atomic mass is 15.1. The summed E-state index contributed by atoms with van der Waals surface area (Å²) >= 11 is 0. The van der Waals surface area contributed by atoms with Gasteiger partial charge >= 0.3 is 0 Å². The molecule has 0 atom stereocenters. The van der Waals surface area contributed by atoms with Gasteiger partial charge in [0.25, 0.3) is 0 Å². The number of benzene rings is 9. The minimum absolute atomic E-state index is 0.0932. The predicted molar refractivity (Wildman–Crippen MR) is 238 cm³/mol. The van der Waals surface area contributed by atoms with Crippen LogP contribution in [0.3, 0.4) is 0 Å². The van der Waals surface area contributed by atoms with Crippen molar-refractivity contribution in [2.75, 3.05) is 4.90 Å². The summed E-state index contributed by atoms with van der Waals surface area (Å²) in [5, 5.41) is 2.53. The molecule has 0 heterocycles. The zero-order valence-electron chi connectivity index (χ0n) is 31.7. The van der Waals surface area contributed by atoms with Crippen molar-refractivity contribution in [2.45, 2.75) is 19.3 Å². The van der Waals surface area contributed by atoms with Crippen molar-refractivity contribution in [3.8, 4) is 55.6 Å². The number of anilines is 3. The van der Waals surface area contributed by atoms with Gasteiger partial charge in [-0.3, -0.25) is 0 Å². The van der Waals surface area contributed by atoms with E-state index in [1.54, 1.807) is 0 Å². The molecule has 1 aliphatic carbocycles. The topological polar surface area (TPSA) is 3.24 Å². The molecule has 0 unspecified atom stereocenters. The Bertz CT molecular complexity index is 2850. The van der Waals surface area contributed by atoms with Gasteiger partial charge in [-0.1, -0.05) is 184 Å². The highest BCUT2D eigenvalue weighted by Crippen LogP contribution is 2.54. The van der Waals surface area contributed by atoms with Crippen LogP contribution in [0.5, 0.6) is 0 Å². The van der Waals surface area contributed by atoms with E-state index in [-0.39, 0.29) is 5.41 Å². The number of hydrogen-bond donors (Lipinski definition) is 0. The van der Waals surface area contributed by atoms with Crippen LogP contribution in [0, 0.1) is 0 Å². The Morgan fingerprint density at radius 1 is 0.321 bits per heavy atom. The lowest BCUT2D eigenvalue weighted by atomic mass is 9.82. The molecule has 10 rings (SSSR count). The van der Waals surface area contributed by atoms with Crippen LogP contribution in [0.15, 0.2) is 212 Å². The molecule has 266 valence electrons. The third-order valence-corrected chi connectivity index (χ3v) is 11.7. The van der Waals surface area contributed by atoms with Gasteiger partial charge in [0, 0.05) is 22.4 Å². The van der Waals surface area contributed by atoms with E-state index in [9.17, 15) is 0 Å². The largest absolute Gasteiger partial charge is 0.310 e. The van der Waals surface area contributed by atoms with Gasteiger partial charge < -0.3 is 4.90 Å². The smallest absolute Gasteiger partial charge is 0.0543 e. The number of nitrogens with zero attached hydrogens (tertiary/aromatic N) is 1. The first-order valence-corrected chi connectivity index (χ1v) is 19.5. The Labute approximate surface area is 329 Å². The Morgan fingerprint density at radius 3 is 1.43 bits per heavy atom. The molecule has 0 saturated carbocycles. The third-order valence-electron chi connectivity index (χ3n) is 11.7. The zero-order chi connectivity index (χ0) is 37.6. The molecule has 0 fully saturated rings. The van der Waals surface area contributed by atoms with Crippen LogP contribution in [0.25, 0.3) is 66.4 Å². The average Bonchev–Trinajstić information content (AvgIpc) is 3.51. The van der Waals surface area contributed by atoms with Crippen molar-refractivity contribution in [2.24, 2.45) is 0 Å². The Kier molecular flexibility index (Phi) is 8.23. The fourth-order valence-electron chi connectivity index (χ4n) is 8.69. The maximum Gasteiger partial charge on any atom is 0.0543 e. The monoisotopic (exact) mass is 715 g/mol. The summed E-state index contributed by atoms with van der Waals surface area (Å²) in [6.07, 6.45) is 0. The molecule has 1 aliphatic rings. The third kappa shape index (κ3) is 5.90. The van der Waals surface area contributed by atoms with Crippen LogP contribution in [-0.2, 0) is 5.41 Å². The molecule has 0 amide bonds. The second-order valence-corrected chi connectivity index (χ2v) is 15.4. The summed E-state index contributed by atoms with van der Waals surface area (Å²) in [4.78, 5) is 2.44. The number of fused-ring (bicyclic) bond motifs is 4. The average molecular weight is 716 g/mol. The van der Waals surface area contributed by atoms with Crippen LogP contribution >= 0.6 is 0 Å². The van der Waals surface area contributed by atoms with Crippen molar-refractivity contribution < 1.29 is 0 Å². The Morgan fingerprint density at radius 2 is 0.768 bits per heavy atom. The zero-order valence-corrected chi connectivity index (χ0v) is 31.7. The van der Waals surface area contributed by atoms with Gasteiger partial charge in [0.2, 0.25) is 0 Å². The Balaban J connectivity index is 1.03. The van der Waals surface area contributed by atoms with Crippen molar-refractivity contribution >= 4 is 27.8 Å². The summed E-state index contributed by atoms with van der Waals surface area (Å²) in [6.45, 7) is 4.70. The van der Waals surface area contributed by atoms with Gasteiger partial charge in [0.1, 0.15) is 0 Å². The van der Waals surface area contributed by atoms with Crippen LogP contribution in [0.2, 0.25) is 0 Å². The molecule has 0 N–H and O–H groups in total. The van der Waals surface area contributed by atoms with Crippen molar-refractivity contribution in [1.29, 1.82) is 0 Å². The minimum atomic E-state index is -0.0932. The van der Waals surface area contributed by atoms with E-state index >= 15 is 0 Å². The van der Waals surface area contributed by atoms with Gasteiger partial charge in [0.05, 0.1) is 5.69 Å². The van der Waals surface area contributed by atoms with E-state index < -0.39 is 0 Å². The lowest BCUT2D eigenvalue weighted by molar-refractivity contribution is 0.660. The molecule has 1 nitrogen and oxygen atoms in total. The molecule has 0 saturated heterocycles. The van der Waals surface area contributed by atoms with Gasteiger partial charge in [-0.15, -0.1) is 0 Å². The molecule has 9 aromatic carbocycles. The van der Waals surface area contributed by atoms with E-state index in [4.69, 9.17) is 0 Å². The van der Waals surface area contributed by atoms with E-state index in [0.29, 0.717) is 0 Å². The summed E-state index contributed by atoms with van der Waals surface area (Å²) in [7, 11) is 0. The maximum absolute atomic E-state index is 2.44. The first-order valence-electron chi connectivity index (χ1n) is 19.5. The van der Waals surface area contributed by atoms with E-state index in [1.165, 1.54) is 83.2 Å². The summed E-state index contributed by atoms with van der Waals surface area (Å²) in [6, 6.07) is 77.5. The van der Waals surface area contributed by atoms with Crippen LogP contribution in [-0.4, -0.2) is 0 Å². The highest BCUT2D eigenvalue weighted by Gasteiger charge is 2.37. The fourth-order valence-corrected chi connectivity index (χ4v) is 8.69. The van der Waals surface area contributed by atoms with Crippen LogP contribution in [0.4, 0.5) is 17.1 Å². The predicted octanol–water partition coefficient (Wildman–Crippen LogP) is 15.3. The van der Waals surface area contributed by atoms with E-state index in [0.717, 1.165) is 11.4 Å². The molecule has 0 spiro atoms. The molecule has 0 radical (unpaired) electrons. The van der Waals surface area contributed by atoms with Crippen molar-refractivity contribution in [3.63, 3.8) is 0 Å². The molecule has 1 heteroatoms. The van der Waals surface area contributed by atoms with Gasteiger partial charge in [0.15, 0.2) is 0 Å². The van der Waals surface area contributed by atoms with Crippen LogP contribution < -0.4 is 4.90 Å². The molecule has 9 aromatic rings. The molecule has 56 heavy (non-hydrogen) atoms. The molecule has 0 aliphatic heterocycles. The number of hydrogen-bond acceptors (Lipinski definition) is 1. The first kappa shape index (κ1) is 33.6. The van der Waals surface area contributed by atoms with Gasteiger partial charge in [-0.05, 0) is 114 Å². The first-order chi connectivity index (χ1) is 27.5. The highest BCUT2D eigenvalue weighted by molar-refractivity contribution is 5.95. The summed E-state index contributed by atoms with van der Waals surface area (Å²) in [5.41, 5.74) is 18.4. The molecular weight excluding hydrogens is 675 g/mol. The second-order valence-electron chi connectivity index (χ2n) is 15.4. The lowest BCUT2D eigenvalue weighted by Gasteiger charge is -2.29. The number of rotatable bonds is 7. The molecule has 0 bridgehead atoms. The normalized spacial score (nSPS) is 12.6. The maximum atomic E-state index is 2.44. The quantitative estimate of drug-likeness (QED) is 0.159. The molecule has 0 aromatic heterocycles. The van der Waals surface area contributed by atoms with Crippen molar-refractivity contribution in [1.82, 2.24) is 0 Å². The molecular formula is C55H41N. The van der Waals surface area contributed by atoms with E-state index in [2.05, 4.69) is 231 Å². The van der Waals surface area contributed by atoms with Crippen LogP contribution in [0.1, 0.15) is 25.0 Å². The Hall–Kier alpha value is -6.96. The van der Waals surface area contributed by atoms with Crippen molar-refractivity contribution in [3.05, 3.63) is 223 Å². The second kappa shape index (κ2) is 13.7. The summed E-state index contributed by atoms with van der Waals surface area (Å²) in [5.74, 6) is 0. The minimum Gasteiger partial charge on any atom is -0.310 e. The van der Waals surface area contributed by atoms with Gasteiger partial charge in [-0.25, -0.2) is 0 Å².